The fourth-order valence-electron chi connectivity index (χ4n) is 0.256. The topological polar surface area (TPSA) is 20.2 Å². The molecule has 0 saturated carbocycles. The van der Waals surface area contributed by atoms with Gasteiger partial charge in [0.25, 0.3) is 0 Å². The molecule has 0 amide bonds. The largest absolute Gasteiger partial charge is 0.377 e. The first-order valence-corrected chi connectivity index (χ1v) is 2.64. The minimum atomic E-state index is -0.721. The summed E-state index contributed by atoms with van der Waals surface area (Å²) >= 11 is 0. The molecule has 1 unspecified atom stereocenters. The molecule has 0 aromatic rings. The van der Waals surface area contributed by atoms with E-state index in [0.717, 1.165) is 5.57 Å². The molecule has 0 fully saturated rings. The molecule has 1 nitrogen and oxygen atoms in total. The van der Waals surface area contributed by atoms with Gasteiger partial charge in [0.2, 0.25) is 0 Å². The van der Waals surface area contributed by atoms with Gasteiger partial charge in [-0.3, -0.25) is 0 Å². The lowest BCUT2D eigenvalue weighted by Crippen LogP contribution is -1.94. The molecular weight excluding hydrogens is 112 g/mol. The average Bonchev–Trinajstić information content (AvgIpc) is 1.83. The van der Waals surface area contributed by atoms with Crippen molar-refractivity contribution in [1.29, 1.82) is 0 Å². The van der Waals surface area contributed by atoms with Crippen molar-refractivity contribution in [2.45, 2.75) is 13.0 Å². The van der Waals surface area contributed by atoms with E-state index in [4.69, 9.17) is 5.11 Å². The van der Waals surface area contributed by atoms with Crippen LogP contribution in [-0.2, 0) is 0 Å². The Morgan fingerprint density at radius 2 is 2.33 bits per heavy atom. The van der Waals surface area contributed by atoms with Crippen LogP contribution in [0.2, 0.25) is 0 Å². The maximum atomic E-state index is 8.77. The molecule has 0 aliphatic heterocycles. The average molecular weight is 122 g/mol. The highest BCUT2D eigenvalue weighted by Gasteiger charge is 1.84. The Hall–Kier alpha value is -1.00. The van der Waals surface area contributed by atoms with E-state index in [2.05, 4.69) is 25.0 Å². The van der Waals surface area contributed by atoms with E-state index in [1.807, 2.05) is 0 Å². The Kier molecular flexibility index (Phi) is 3.50. The standard InChI is InChI=1S/C8H10O/c1-4-8(9)6-5-7(2)3/h4,8-9H,1-2H2,3H3. The normalized spacial score (nSPS) is 10.9. The molecule has 1 atom stereocenters. The highest BCUT2D eigenvalue weighted by Crippen LogP contribution is 1.83. The highest BCUT2D eigenvalue weighted by atomic mass is 16.3. The van der Waals surface area contributed by atoms with Crippen LogP contribution in [0.15, 0.2) is 24.8 Å². The second kappa shape index (κ2) is 3.94. The van der Waals surface area contributed by atoms with Crippen LogP contribution in [0.5, 0.6) is 0 Å². The smallest absolute Gasteiger partial charge is 0.133 e. The van der Waals surface area contributed by atoms with Crippen molar-refractivity contribution in [3.8, 4) is 11.8 Å². The van der Waals surface area contributed by atoms with Gasteiger partial charge in [-0.2, -0.15) is 0 Å². The summed E-state index contributed by atoms with van der Waals surface area (Å²) < 4.78 is 0. The van der Waals surface area contributed by atoms with Crippen LogP contribution in [0, 0.1) is 11.8 Å². The predicted molar refractivity (Wildman–Crippen MR) is 38.8 cm³/mol. The summed E-state index contributed by atoms with van der Waals surface area (Å²) in [5.74, 6) is 5.15. The van der Waals surface area contributed by atoms with Crippen molar-refractivity contribution in [1.82, 2.24) is 0 Å². The van der Waals surface area contributed by atoms with E-state index in [0.29, 0.717) is 0 Å². The maximum absolute atomic E-state index is 8.77. The van der Waals surface area contributed by atoms with Gasteiger partial charge < -0.3 is 5.11 Å². The molecule has 0 aliphatic carbocycles. The van der Waals surface area contributed by atoms with Gasteiger partial charge in [-0.1, -0.05) is 31.1 Å². The molecule has 0 bridgehead atoms. The molecule has 0 aliphatic rings. The molecule has 9 heavy (non-hydrogen) atoms. The third kappa shape index (κ3) is 4.86. The second-order valence-electron chi connectivity index (χ2n) is 1.73. The minimum Gasteiger partial charge on any atom is -0.377 e. The SMILES string of the molecule is C=CC(O)C#CC(=C)C. The summed E-state index contributed by atoms with van der Waals surface area (Å²) in [4.78, 5) is 0. The van der Waals surface area contributed by atoms with Gasteiger partial charge in [0, 0.05) is 0 Å². The van der Waals surface area contributed by atoms with Crippen LogP contribution >= 0.6 is 0 Å². The van der Waals surface area contributed by atoms with E-state index < -0.39 is 6.10 Å². The van der Waals surface area contributed by atoms with Crippen molar-refractivity contribution in [2.75, 3.05) is 0 Å². The Balaban J connectivity index is 3.86. The zero-order valence-electron chi connectivity index (χ0n) is 5.52. The Labute approximate surface area is 55.7 Å². The zero-order valence-corrected chi connectivity index (χ0v) is 5.52. The Morgan fingerprint density at radius 3 is 2.67 bits per heavy atom. The van der Waals surface area contributed by atoms with Crippen molar-refractivity contribution in [3.63, 3.8) is 0 Å². The van der Waals surface area contributed by atoms with Gasteiger partial charge in [0.15, 0.2) is 0 Å². The first kappa shape index (κ1) is 8.00. The van der Waals surface area contributed by atoms with Gasteiger partial charge in [0.1, 0.15) is 6.10 Å². The van der Waals surface area contributed by atoms with E-state index in [1.54, 1.807) is 6.92 Å². The molecule has 0 aromatic carbocycles. The van der Waals surface area contributed by atoms with E-state index in [-0.39, 0.29) is 0 Å². The predicted octanol–water partition coefficient (Wildman–Crippen LogP) is 1.11. The third-order valence-corrected chi connectivity index (χ3v) is 0.657. The lowest BCUT2D eigenvalue weighted by atomic mass is 10.3. The first-order chi connectivity index (χ1) is 4.16. The fourth-order valence-corrected chi connectivity index (χ4v) is 0.256. The van der Waals surface area contributed by atoms with Crippen molar-refractivity contribution >= 4 is 0 Å². The number of allylic oxidation sites excluding steroid dienone is 1. The van der Waals surface area contributed by atoms with Gasteiger partial charge in [0.05, 0.1) is 0 Å². The second-order valence-corrected chi connectivity index (χ2v) is 1.73. The van der Waals surface area contributed by atoms with Crippen LogP contribution in [0.3, 0.4) is 0 Å². The number of hydrogen-bond acceptors (Lipinski definition) is 1. The number of aliphatic hydroxyl groups excluding tert-OH is 1. The van der Waals surface area contributed by atoms with E-state index in [9.17, 15) is 0 Å². The summed E-state index contributed by atoms with van der Waals surface area (Å²) in [6.45, 7) is 8.68. The summed E-state index contributed by atoms with van der Waals surface area (Å²) in [5.41, 5.74) is 0.746. The Bertz CT molecular complexity index is 169. The van der Waals surface area contributed by atoms with Crippen LogP contribution in [-0.4, -0.2) is 11.2 Å². The molecule has 0 rings (SSSR count). The highest BCUT2D eigenvalue weighted by molar-refractivity contribution is 5.26. The van der Waals surface area contributed by atoms with Gasteiger partial charge in [-0.25, -0.2) is 0 Å². The quantitative estimate of drug-likeness (QED) is 0.408. The Morgan fingerprint density at radius 1 is 1.78 bits per heavy atom. The van der Waals surface area contributed by atoms with E-state index in [1.165, 1.54) is 6.08 Å². The molecule has 0 radical (unpaired) electrons. The lowest BCUT2D eigenvalue weighted by molar-refractivity contribution is 0.281. The summed E-state index contributed by atoms with van der Waals surface area (Å²) in [6, 6.07) is 0. The maximum Gasteiger partial charge on any atom is 0.133 e. The lowest BCUT2D eigenvalue weighted by Gasteiger charge is -1.88. The summed E-state index contributed by atoms with van der Waals surface area (Å²) in [5, 5.41) is 8.77. The van der Waals surface area contributed by atoms with Crippen LogP contribution in [0.1, 0.15) is 6.92 Å². The van der Waals surface area contributed by atoms with Crippen LogP contribution < -0.4 is 0 Å². The molecular formula is C8H10O. The number of rotatable bonds is 1. The molecule has 1 N–H and O–H groups in total. The third-order valence-electron chi connectivity index (χ3n) is 0.657. The summed E-state index contributed by atoms with van der Waals surface area (Å²) in [6.07, 6.45) is 0.650. The molecule has 0 heterocycles. The van der Waals surface area contributed by atoms with Crippen molar-refractivity contribution < 1.29 is 5.11 Å². The van der Waals surface area contributed by atoms with Gasteiger partial charge >= 0.3 is 0 Å². The fraction of sp³-hybridized carbons (Fsp3) is 0.250. The zero-order chi connectivity index (χ0) is 7.28. The summed E-state index contributed by atoms with van der Waals surface area (Å²) in [7, 11) is 0. The molecule has 0 aromatic heterocycles. The molecule has 0 spiro atoms. The van der Waals surface area contributed by atoms with Gasteiger partial charge in [-0.15, -0.1) is 0 Å². The number of hydrogen-bond donors (Lipinski definition) is 1. The minimum absolute atomic E-state index is 0.721. The van der Waals surface area contributed by atoms with Gasteiger partial charge in [-0.05, 0) is 12.5 Å². The molecule has 0 saturated heterocycles. The van der Waals surface area contributed by atoms with Crippen LogP contribution in [0.4, 0.5) is 0 Å². The van der Waals surface area contributed by atoms with E-state index >= 15 is 0 Å². The first-order valence-electron chi connectivity index (χ1n) is 2.64. The number of aliphatic hydroxyl groups is 1. The molecule has 48 valence electrons. The molecule has 1 heteroatoms. The van der Waals surface area contributed by atoms with Crippen molar-refractivity contribution in [2.24, 2.45) is 0 Å². The van der Waals surface area contributed by atoms with Crippen LogP contribution in [0.25, 0.3) is 0 Å². The monoisotopic (exact) mass is 122 g/mol. The van der Waals surface area contributed by atoms with Crippen molar-refractivity contribution in [3.05, 3.63) is 24.8 Å².